The summed E-state index contributed by atoms with van der Waals surface area (Å²) in [4.78, 5) is 28.9. The molecular weight excluding hydrogens is 357 g/mol. The molecule has 26 heavy (non-hydrogen) atoms. The molecule has 2 saturated heterocycles. The van der Waals surface area contributed by atoms with Crippen molar-refractivity contribution in [1.29, 1.82) is 0 Å². The molecule has 0 spiro atoms. The zero-order valence-corrected chi connectivity index (χ0v) is 15.8. The Kier molecular flexibility index (Phi) is 6.14. The number of piperazine rings is 1. The maximum Gasteiger partial charge on any atom is 0.237 e. The number of halogens is 2. The largest absolute Gasteiger partial charge is 0.353 e. The first-order valence-electron chi connectivity index (χ1n) is 9.17. The van der Waals surface area contributed by atoms with Crippen LogP contribution in [0.3, 0.4) is 0 Å². The minimum atomic E-state index is -0.517. The number of nitrogens with zero attached hydrogens (tertiary/aromatic N) is 2. The highest BCUT2D eigenvalue weighted by atomic mass is 35.5. The van der Waals surface area contributed by atoms with Crippen molar-refractivity contribution in [3.63, 3.8) is 0 Å². The Morgan fingerprint density at radius 2 is 2.04 bits per heavy atom. The van der Waals surface area contributed by atoms with E-state index in [1.54, 1.807) is 6.07 Å². The van der Waals surface area contributed by atoms with Crippen LogP contribution < -0.4 is 5.32 Å². The molecule has 1 aromatic rings. The molecule has 3 rings (SSSR count). The molecule has 2 heterocycles. The van der Waals surface area contributed by atoms with Crippen LogP contribution in [0.2, 0.25) is 5.02 Å². The van der Waals surface area contributed by atoms with Gasteiger partial charge >= 0.3 is 0 Å². The normalized spacial score (nSPS) is 22.3. The van der Waals surface area contributed by atoms with Gasteiger partial charge in [0.05, 0.1) is 12.5 Å². The molecule has 0 aromatic heterocycles. The zero-order chi connectivity index (χ0) is 18.7. The summed E-state index contributed by atoms with van der Waals surface area (Å²) in [5.74, 6) is 0.151. The molecule has 2 aliphatic rings. The predicted octanol–water partition coefficient (Wildman–Crippen LogP) is 2.43. The van der Waals surface area contributed by atoms with Gasteiger partial charge in [0.2, 0.25) is 11.8 Å². The fraction of sp³-hybridized carbons (Fsp3) is 0.579. The van der Waals surface area contributed by atoms with E-state index in [-0.39, 0.29) is 24.1 Å². The van der Waals surface area contributed by atoms with Crippen molar-refractivity contribution >= 4 is 23.4 Å². The Balaban J connectivity index is 1.68. The fourth-order valence-corrected chi connectivity index (χ4v) is 3.82. The molecule has 0 unspecified atom stereocenters. The second kappa shape index (κ2) is 8.35. The smallest absolute Gasteiger partial charge is 0.237 e. The van der Waals surface area contributed by atoms with Gasteiger partial charge in [0.1, 0.15) is 5.82 Å². The van der Waals surface area contributed by atoms with Crippen LogP contribution in [-0.2, 0) is 16.1 Å². The van der Waals surface area contributed by atoms with Crippen LogP contribution in [-0.4, -0.2) is 53.8 Å². The Hall–Kier alpha value is -1.66. The van der Waals surface area contributed by atoms with Gasteiger partial charge < -0.3 is 10.2 Å². The van der Waals surface area contributed by atoms with Crippen molar-refractivity contribution < 1.29 is 14.0 Å². The summed E-state index contributed by atoms with van der Waals surface area (Å²) in [6.07, 6.45) is 2.19. The summed E-state index contributed by atoms with van der Waals surface area (Å²) < 4.78 is 13.3. The molecule has 1 atom stereocenters. The number of carbonyl (C=O) groups excluding carboxylic acids is 2. The minimum Gasteiger partial charge on any atom is -0.353 e. The highest BCUT2D eigenvalue weighted by Gasteiger charge is 2.33. The average molecular weight is 382 g/mol. The number of nitrogens with one attached hydrogen (secondary N) is 1. The van der Waals surface area contributed by atoms with Crippen LogP contribution in [0, 0.1) is 11.7 Å². The number of hydrogen-bond acceptors (Lipinski definition) is 3. The van der Waals surface area contributed by atoms with E-state index in [2.05, 4.69) is 12.2 Å². The first-order chi connectivity index (χ1) is 12.4. The van der Waals surface area contributed by atoms with Crippen molar-refractivity contribution in [1.82, 2.24) is 15.1 Å². The number of benzene rings is 1. The molecule has 2 fully saturated rings. The van der Waals surface area contributed by atoms with Crippen LogP contribution in [0.1, 0.15) is 31.7 Å². The third kappa shape index (κ3) is 4.54. The molecule has 0 saturated carbocycles. The predicted molar refractivity (Wildman–Crippen MR) is 98.2 cm³/mol. The summed E-state index contributed by atoms with van der Waals surface area (Å²) in [5.41, 5.74) is 0.756. The minimum absolute atomic E-state index is 0.0224. The Morgan fingerprint density at radius 3 is 2.73 bits per heavy atom. The molecule has 142 valence electrons. The summed E-state index contributed by atoms with van der Waals surface area (Å²) in [7, 11) is 0. The lowest BCUT2D eigenvalue weighted by Gasteiger charge is -2.37. The number of likely N-dealkylation sites (tertiary alicyclic amines) is 1. The monoisotopic (exact) mass is 381 g/mol. The molecule has 2 amide bonds. The second-order valence-corrected chi connectivity index (χ2v) is 7.69. The first kappa shape index (κ1) is 19.1. The molecule has 5 nitrogen and oxygen atoms in total. The molecule has 1 aromatic carbocycles. The number of rotatable bonds is 4. The summed E-state index contributed by atoms with van der Waals surface area (Å²) in [6.45, 7) is 5.31. The van der Waals surface area contributed by atoms with Gasteiger partial charge in [-0.3, -0.25) is 14.5 Å². The van der Waals surface area contributed by atoms with E-state index in [1.807, 2.05) is 9.80 Å². The van der Waals surface area contributed by atoms with E-state index in [4.69, 9.17) is 11.6 Å². The van der Waals surface area contributed by atoms with Crippen LogP contribution in [0.15, 0.2) is 18.2 Å². The van der Waals surface area contributed by atoms with Crippen molar-refractivity contribution in [2.75, 3.05) is 26.2 Å². The maximum absolute atomic E-state index is 13.3. The van der Waals surface area contributed by atoms with Crippen LogP contribution in [0.4, 0.5) is 4.39 Å². The number of carbonyl (C=O) groups is 2. The molecule has 0 bridgehead atoms. The van der Waals surface area contributed by atoms with Crippen molar-refractivity contribution in [2.45, 2.75) is 38.8 Å². The van der Waals surface area contributed by atoms with E-state index in [0.717, 1.165) is 31.5 Å². The number of amides is 2. The quantitative estimate of drug-likeness (QED) is 0.871. The molecular formula is C19H25ClFN3O2. The first-order valence-corrected chi connectivity index (χ1v) is 9.55. The van der Waals surface area contributed by atoms with Crippen LogP contribution in [0.25, 0.3) is 0 Å². The Bertz CT molecular complexity index is 677. The SMILES string of the molecule is CC1CCN(C(=O)C[C@H]2C(=O)NCCN2Cc2ccc(F)cc2Cl)CC1. The summed E-state index contributed by atoms with van der Waals surface area (Å²) in [6, 6.07) is 3.75. The standard InChI is InChI=1S/C19H25ClFN3O2/c1-13-4-7-23(8-5-13)18(25)11-17-19(26)22-6-9-24(17)12-14-2-3-15(21)10-16(14)20/h2-3,10,13,17H,4-9,11-12H2,1H3,(H,22,26)/t17-/m0/s1. The molecule has 2 aliphatic heterocycles. The van der Waals surface area contributed by atoms with Gasteiger partial charge in [-0.1, -0.05) is 24.6 Å². The van der Waals surface area contributed by atoms with Gasteiger partial charge in [-0.05, 0) is 36.5 Å². The van der Waals surface area contributed by atoms with E-state index in [1.165, 1.54) is 12.1 Å². The lowest BCUT2D eigenvalue weighted by atomic mass is 9.98. The van der Waals surface area contributed by atoms with Crippen LogP contribution in [0.5, 0.6) is 0 Å². The van der Waals surface area contributed by atoms with E-state index >= 15 is 0 Å². The van der Waals surface area contributed by atoms with Crippen LogP contribution >= 0.6 is 11.6 Å². The molecule has 0 aliphatic carbocycles. The molecule has 1 N–H and O–H groups in total. The average Bonchev–Trinajstić information content (AvgIpc) is 2.60. The third-order valence-electron chi connectivity index (χ3n) is 5.33. The lowest BCUT2D eigenvalue weighted by molar-refractivity contribution is -0.140. The van der Waals surface area contributed by atoms with Gasteiger partial charge in [-0.15, -0.1) is 0 Å². The van der Waals surface area contributed by atoms with Gasteiger partial charge in [0.25, 0.3) is 0 Å². The summed E-state index contributed by atoms with van der Waals surface area (Å²) in [5, 5.41) is 3.18. The lowest BCUT2D eigenvalue weighted by Crippen LogP contribution is -2.56. The summed E-state index contributed by atoms with van der Waals surface area (Å²) >= 11 is 6.13. The van der Waals surface area contributed by atoms with E-state index in [0.29, 0.717) is 30.6 Å². The molecule has 0 radical (unpaired) electrons. The number of hydrogen-bond donors (Lipinski definition) is 1. The van der Waals surface area contributed by atoms with Crippen molar-refractivity contribution in [3.8, 4) is 0 Å². The van der Waals surface area contributed by atoms with Gasteiger partial charge in [-0.2, -0.15) is 0 Å². The van der Waals surface area contributed by atoms with Gasteiger partial charge in [-0.25, -0.2) is 4.39 Å². The van der Waals surface area contributed by atoms with E-state index in [9.17, 15) is 14.0 Å². The zero-order valence-electron chi connectivity index (χ0n) is 15.0. The van der Waals surface area contributed by atoms with Gasteiger partial charge in [0.15, 0.2) is 0 Å². The Labute approximate surface area is 158 Å². The topological polar surface area (TPSA) is 52.7 Å². The van der Waals surface area contributed by atoms with Gasteiger partial charge in [0, 0.05) is 37.7 Å². The highest BCUT2D eigenvalue weighted by Crippen LogP contribution is 2.23. The maximum atomic E-state index is 13.3. The second-order valence-electron chi connectivity index (χ2n) is 7.28. The van der Waals surface area contributed by atoms with Crippen molar-refractivity contribution in [2.24, 2.45) is 5.92 Å². The third-order valence-corrected chi connectivity index (χ3v) is 5.69. The van der Waals surface area contributed by atoms with Crippen molar-refractivity contribution in [3.05, 3.63) is 34.6 Å². The number of piperidine rings is 1. The fourth-order valence-electron chi connectivity index (χ4n) is 3.59. The molecule has 7 heteroatoms. The Morgan fingerprint density at radius 1 is 1.31 bits per heavy atom. The van der Waals surface area contributed by atoms with E-state index < -0.39 is 6.04 Å². The highest BCUT2D eigenvalue weighted by molar-refractivity contribution is 6.31.